The van der Waals surface area contributed by atoms with Gasteiger partial charge in [0.15, 0.2) is 0 Å². The minimum absolute atomic E-state index is 0.163. The van der Waals surface area contributed by atoms with Gasteiger partial charge in [-0.1, -0.05) is 42.8 Å². The van der Waals surface area contributed by atoms with Gasteiger partial charge >= 0.3 is 0 Å². The molecule has 0 saturated carbocycles. The van der Waals surface area contributed by atoms with Crippen LogP contribution in [0.15, 0.2) is 30.3 Å². The standard InChI is InChI=1S/C11H17ClSi/c12-8-10-13-9-4-7-11-5-2-1-3-6-11/h1-3,5-6H,4,7-10,13H2. The van der Waals surface area contributed by atoms with Crippen molar-refractivity contribution in [1.82, 2.24) is 0 Å². The molecule has 0 spiro atoms. The molecule has 0 amide bonds. The monoisotopic (exact) mass is 212 g/mol. The Morgan fingerprint density at radius 3 is 2.54 bits per heavy atom. The van der Waals surface area contributed by atoms with Crippen LogP contribution < -0.4 is 0 Å². The van der Waals surface area contributed by atoms with Crippen LogP contribution in [0.3, 0.4) is 0 Å². The van der Waals surface area contributed by atoms with Crippen LogP contribution in [0.5, 0.6) is 0 Å². The zero-order chi connectivity index (χ0) is 9.36. The van der Waals surface area contributed by atoms with Crippen LogP contribution in [0.2, 0.25) is 12.1 Å². The Hall–Kier alpha value is -0.273. The van der Waals surface area contributed by atoms with Crippen molar-refractivity contribution in [3.63, 3.8) is 0 Å². The molecule has 1 aromatic carbocycles. The van der Waals surface area contributed by atoms with Crippen LogP contribution in [0, 0.1) is 0 Å². The van der Waals surface area contributed by atoms with Crippen molar-refractivity contribution >= 4 is 21.1 Å². The van der Waals surface area contributed by atoms with E-state index in [9.17, 15) is 0 Å². The zero-order valence-electron chi connectivity index (χ0n) is 8.01. The fraction of sp³-hybridized carbons (Fsp3) is 0.455. The van der Waals surface area contributed by atoms with Crippen LogP contribution in [-0.4, -0.2) is 15.4 Å². The summed E-state index contributed by atoms with van der Waals surface area (Å²) in [4.78, 5) is 0. The van der Waals surface area contributed by atoms with Gasteiger partial charge in [0, 0.05) is 15.4 Å². The van der Waals surface area contributed by atoms with Crippen LogP contribution in [-0.2, 0) is 6.42 Å². The molecule has 13 heavy (non-hydrogen) atoms. The SMILES string of the molecule is ClCC[SiH2]CCCc1ccccc1. The van der Waals surface area contributed by atoms with Crippen molar-refractivity contribution in [1.29, 1.82) is 0 Å². The van der Waals surface area contributed by atoms with Gasteiger partial charge in [0.2, 0.25) is 0 Å². The van der Waals surface area contributed by atoms with Gasteiger partial charge in [0.25, 0.3) is 0 Å². The van der Waals surface area contributed by atoms with E-state index in [1.54, 1.807) is 0 Å². The molecule has 0 fully saturated rings. The third-order valence-corrected chi connectivity index (χ3v) is 4.76. The average Bonchev–Trinajstić information content (AvgIpc) is 2.19. The van der Waals surface area contributed by atoms with Crippen LogP contribution in [0.4, 0.5) is 0 Å². The minimum atomic E-state index is 0.163. The van der Waals surface area contributed by atoms with E-state index in [0.717, 1.165) is 5.88 Å². The van der Waals surface area contributed by atoms with E-state index >= 15 is 0 Å². The highest BCUT2D eigenvalue weighted by Gasteiger charge is 1.92. The van der Waals surface area contributed by atoms with Gasteiger partial charge in [-0.05, 0) is 18.0 Å². The molecule has 0 atom stereocenters. The largest absolute Gasteiger partial charge is 0.127 e. The molecule has 1 rings (SSSR count). The second-order valence-corrected chi connectivity index (χ2v) is 5.84. The Morgan fingerprint density at radius 1 is 1.08 bits per heavy atom. The van der Waals surface area contributed by atoms with Gasteiger partial charge in [-0.15, -0.1) is 11.6 Å². The smallest absolute Gasteiger partial charge is 0.0211 e. The van der Waals surface area contributed by atoms with Gasteiger partial charge in [-0.25, -0.2) is 0 Å². The number of hydrogen-bond acceptors (Lipinski definition) is 0. The molecule has 0 aliphatic carbocycles. The van der Waals surface area contributed by atoms with E-state index in [2.05, 4.69) is 30.3 Å². The van der Waals surface area contributed by atoms with Crippen LogP contribution in [0.25, 0.3) is 0 Å². The second-order valence-electron chi connectivity index (χ2n) is 3.34. The molecule has 0 nitrogen and oxygen atoms in total. The number of aryl methyl sites for hydroxylation is 1. The second kappa shape index (κ2) is 7.16. The Kier molecular flexibility index (Phi) is 5.95. The highest BCUT2D eigenvalue weighted by atomic mass is 35.5. The van der Waals surface area contributed by atoms with Crippen molar-refractivity contribution in [3.8, 4) is 0 Å². The molecule has 0 aromatic heterocycles. The third kappa shape index (κ3) is 5.12. The summed E-state index contributed by atoms with van der Waals surface area (Å²) in [6.45, 7) is 0. The first-order chi connectivity index (χ1) is 6.43. The van der Waals surface area contributed by atoms with E-state index in [0.29, 0.717) is 0 Å². The molecule has 2 heteroatoms. The number of alkyl halides is 1. The lowest BCUT2D eigenvalue weighted by atomic mass is 10.1. The minimum Gasteiger partial charge on any atom is -0.127 e. The summed E-state index contributed by atoms with van der Waals surface area (Å²) in [5.74, 6) is 0.873. The number of benzene rings is 1. The summed E-state index contributed by atoms with van der Waals surface area (Å²) in [6.07, 6.45) is 2.60. The first kappa shape index (κ1) is 10.8. The normalized spacial score (nSPS) is 11.2. The summed E-state index contributed by atoms with van der Waals surface area (Å²) in [5, 5.41) is 0. The first-order valence-electron chi connectivity index (χ1n) is 5.03. The van der Waals surface area contributed by atoms with Gasteiger partial charge in [-0.2, -0.15) is 0 Å². The molecular weight excluding hydrogens is 196 g/mol. The van der Waals surface area contributed by atoms with E-state index in [1.165, 1.54) is 30.5 Å². The van der Waals surface area contributed by atoms with E-state index < -0.39 is 0 Å². The van der Waals surface area contributed by atoms with E-state index in [-0.39, 0.29) is 9.52 Å². The fourth-order valence-corrected chi connectivity index (χ4v) is 3.13. The van der Waals surface area contributed by atoms with Gasteiger partial charge < -0.3 is 0 Å². The number of halogens is 1. The molecule has 0 N–H and O–H groups in total. The van der Waals surface area contributed by atoms with Crippen LogP contribution >= 0.6 is 11.6 Å². The Labute approximate surface area is 88.1 Å². The third-order valence-electron chi connectivity index (χ3n) is 2.19. The van der Waals surface area contributed by atoms with E-state index in [4.69, 9.17) is 11.6 Å². The molecule has 0 heterocycles. The van der Waals surface area contributed by atoms with Gasteiger partial charge in [0.05, 0.1) is 0 Å². The summed E-state index contributed by atoms with van der Waals surface area (Å²) >= 11 is 5.63. The molecule has 72 valence electrons. The molecule has 1 aromatic rings. The topological polar surface area (TPSA) is 0 Å². The van der Waals surface area contributed by atoms with Crippen molar-refractivity contribution in [2.75, 3.05) is 5.88 Å². The Bertz CT molecular complexity index is 211. The molecule has 0 unspecified atom stereocenters. The van der Waals surface area contributed by atoms with Crippen molar-refractivity contribution in [2.45, 2.75) is 24.9 Å². The van der Waals surface area contributed by atoms with Crippen molar-refractivity contribution < 1.29 is 0 Å². The number of hydrogen-bond donors (Lipinski definition) is 0. The van der Waals surface area contributed by atoms with Gasteiger partial charge in [-0.3, -0.25) is 0 Å². The fourth-order valence-electron chi connectivity index (χ4n) is 1.42. The predicted molar refractivity (Wildman–Crippen MR) is 63.6 cm³/mol. The molecule has 0 aliphatic rings. The molecule has 0 saturated heterocycles. The summed E-state index contributed by atoms with van der Waals surface area (Å²) < 4.78 is 0. The Balaban J connectivity index is 2.07. The van der Waals surface area contributed by atoms with Gasteiger partial charge in [0.1, 0.15) is 0 Å². The molecule has 0 bridgehead atoms. The maximum atomic E-state index is 5.63. The quantitative estimate of drug-likeness (QED) is 0.387. The lowest BCUT2D eigenvalue weighted by Crippen LogP contribution is -1.92. The first-order valence-corrected chi connectivity index (χ1v) is 7.57. The summed E-state index contributed by atoms with van der Waals surface area (Å²) in [5.41, 5.74) is 1.47. The number of rotatable bonds is 6. The Morgan fingerprint density at radius 2 is 1.85 bits per heavy atom. The average molecular weight is 213 g/mol. The maximum Gasteiger partial charge on any atom is 0.0211 e. The summed E-state index contributed by atoms with van der Waals surface area (Å²) in [6, 6.07) is 13.5. The molecule has 0 radical (unpaired) electrons. The predicted octanol–water partition coefficient (Wildman–Crippen LogP) is 2.86. The van der Waals surface area contributed by atoms with Crippen molar-refractivity contribution in [2.24, 2.45) is 0 Å². The van der Waals surface area contributed by atoms with Crippen molar-refractivity contribution in [3.05, 3.63) is 35.9 Å². The molecule has 0 aliphatic heterocycles. The molecular formula is C11H17ClSi. The zero-order valence-corrected chi connectivity index (χ0v) is 10.2. The lowest BCUT2D eigenvalue weighted by Gasteiger charge is -1.99. The lowest BCUT2D eigenvalue weighted by molar-refractivity contribution is 0.912. The maximum absolute atomic E-state index is 5.63. The highest BCUT2D eigenvalue weighted by Crippen LogP contribution is 2.05. The van der Waals surface area contributed by atoms with E-state index in [1.807, 2.05) is 0 Å². The van der Waals surface area contributed by atoms with Crippen LogP contribution in [0.1, 0.15) is 12.0 Å². The summed E-state index contributed by atoms with van der Waals surface area (Å²) in [7, 11) is 0.163. The highest BCUT2D eigenvalue weighted by molar-refractivity contribution is 6.37.